The Bertz CT molecular complexity index is 637. The van der Waals surface area contributed by atoms with Crippen LogP contribution in [-0.4, -0.2) is 30.4 Å². The maximum Gasteiger partial charge on any atom is 0.325 e. The Morgan fingerprint density at radius 2 is 1.86 bits per heavy atom. The lowest BCUT2D eigenvalue weighted by atomic mass is 10.3. The Labute approximate surface area is 129 Å². The average molecular weight is 301 g/mol. The standard InChI is InChI=1S/C16H19N3O3/c1-12-8-9-14(22-12)10-19(2)11-15(20)18-16(21)17-13-6-4-3-5-7-13/h3-9H,10-11H2,1-2H3,(H2,17,18,20,21). The zero-order valence-electron chi connectivity index (χ0n) is 12.6. The number of nitrogens with zero attached hydrogens (tertiary/aromatic N) is 1. The van der Waals surface area contributed by atoms with E-state index in [1.54, 1.807) is 36.2 Å². The van der Waals surface area contributed by atoms with Crippen molar-refractivity contribution in [3.05, 3.63) is 54.0 Å². The Hall–Kier alpha value is -2.60. The number of hydrogen-bond acceptors (Lipinski definition) is 4. The van der Waals surface area contributed by atoms with E-state index in [9.17, 15) is 9.59 Å². The van der Waals surface area contributed by atoms with Gasteiger partial charge in [0.25, 0.3) is 0 Å². The van der Waals surface area contributed by atoms with Crippen molar-refractivity contribution in [2.45, 2.75) is 13.5 Å². The zero-order valence-corrected chi connectivity index (χ0v) is 12.6. The molecule has 2 rings (SSSR count). The largest absolute Gasteiger partial charge is 0.465 e. The van der Waals surface area contributed by atoms with Crippen molar-refractivity contribution >= 4 is 17.6 Å². The van der Waals surface area contributed by atoms with Crippen LogP contribution in [0.5, 0.6) is 0 Å². The van der Waals surface area contributed by atoms with E-state index in [2.05, 4.69) is 10.6 Å². The van der Waals surface area contributed by atoms with Crippen LogP contribution in [0.15, 0.2) is 46.9 Å². The van der Waals surface area contributed by atoms with Crippen molar-refractivity contribution in [3.8, 4) is 0 Å². The number of amides is 3. The van der Waals surface area contributed by atoms with E-state index in [0.717, 1.165) is 11.5 Å². The van der Waals surface area contributed by atoms with E-state index in [4.69, 9.17) is 4.42 Å². The molecule has 0 bridgehead atoms. The lowest BCUT2D eigenvalue weighted by Gasteiger charge is -2.14. The predicted molar refractivity (Wildman–Crippen MR) is 83.4 cm³/mol. The van der Waals surface area contributed by atoms with Crippen LogP contribution in [0.2, 0.25) is 0 Å². The summed E-state index contributed by atoms with van der Waals surface area (Å²) in [5, 5.41) is 4.88. The molecule has 0 unspecified atom stereocenters. The topological polar surface area (TPSA) is 74.6 Å². The van der Waals surface area contributed by atoms with Crippen LogP contribution in [0.25, 0.3) is 0 Å². The number of nitrogens with one attached hydrogen (secondary N) is 2. The number of rotatable bonds is 5. The number of carbonyl (C=O) groups is 2. The number of benzene rings is 1. The highest BCUT2D eigenvalue weighted by atomic mass is 16.3. The van der Waals surface area contributed by atoms with Gasteiger partial charge < -0.3 is 9.73 Å². The van der Waals surface area contributed by atoms with Crippen molar-refractivity contribution in [3.63, 3.8) is 0 Å². The van der Waals surface area contributed by atoms with E-state index < -0.39 is 6.03 Å². The van der Waals surface area contributed by atoms with Crippen LogP contribution in [-0.2, 0) is 11.3 Å². The molecule has 0 saturated heterocycles. The minimum Gasteiger partial charge on any atom is -0.465 e. The van der Waals surface area contributed by atoms with Crippen LogP contribution < -0.4 is 10.6 Å². The monoisotopic (exact) mass is 301 g/mol. The molecule has 1 heterocycles. The lowest BCUT2D eigenvalue weighted by Crippen LogP contribution is -2.40. The normalized spacial score (nSPS) is 10.5. The van der Waals surface area contributed by atoms with Crippen molar-refractivity contribution in [1.29, 1.82) is 0 Å². The summed E-state index contributed by atoms with van der Waals surface area (Å²) < 4.78 is 5.44. The van der Waals surface area contributed by atoms with Gasteiger partial charge in [-0.15, -0.1) is 0 Å². The molecule has 0 radical (unpaired) electrons. The zero-order chi connectivity index (χ0) is 15.9. The number of carbonyl (C=O) groups excluding carboxylic acids is 2. The van der Waals surface area contributed by atoms with Crippen molar-refractivity contribution in [2.75, 3.05) is 18.9 Å². The number of urea groups is 1. The fraction of sp³-hybridized carbons (Fsp3) is 0.250. The molecule has 0 fully saturated rings. The third-order valence-corrected chi connectivity index (χ3v) is 2.92. The third kappa shape index (κ3) is 5.06. The van der Waals surface area contributed by atoms with E-state index in [0.29, 0.717) is 12.2 Å². The van der Waals surface area contributed by atoms with Crippen molar-refractivity contribution in [2.24, 2.45) is 0 Å². The predicted octanol–water partition coefficient (Wildman–Crippen LogP) is 2.37. The Kier molecular flexibility index (Phi) is 5.32. The lowest BCUT2D eigenvalue weighted by molar-refractivity contribution is -0.120. The number of para-hydroxylation sites is 1. The Balaban J connectivity index is 1.76. The van der Waals surface area contributed by atoms with E-state index >= 15 is 0 Å². The number of likely N-dealkylation sites (N-methyl/N-ethyl adjacent to an activating group) is 1. The third-order valence-electron chi connectivity index (χ3n) is 2.92. The molecular weight excluding hydrogens is 282 g/mol. The average Bonchev–Trinajstić information content (AvgIpc) is 2.84. The molecule has 1 aromatic carbocycles. The van der Waals surface area contributed by atoms with Gasteiger partial charge in [-0.05, 0) is 38.2 Å². The van der Waals surface area contributed by atoms with Crippen LogP contribution >= 0.6 is 0 Å². The van der Waals surface area contributed by atoms with Gasteiger partial charge in [-0.2, -0.15) is 0 Å². The molecule has 6 nitrogen and oxygen atoms in total. The minimum absolute atomic E-state index is 0.0992. The molecule has 0 aliphatic rings. The summed E-state index contributed by atoms with van der Waals surface area (Å²) in [6.45, 7) is 2.47. The summed E-state index contributed by atoms with van der Waals surface area (Å²) in [4.78, 5) is 25.3. The summed E-state index contributed by atoms with van der Waals surface area (Å²) in [7, 11) is 1.78. The van der Waals surface area contributed by atoms with Crippen LogP contribution in [0.3, 0.4) is 0 Å². The van der Waals surface area contributed by atoms with E-state index in [1.807, 2.05) is 25.1 Å². The fourth-order valence-corrected chi connectivity index (χ4v) is 1.99. The van der Waals surface area contributed by atoms with Gasteiger partial charge in [-0.25, -0.2) is 4.79 Å². The number of imide groups is 1. The molecule has 0 aliphatic heterocycles. The van der Waals surface area contributed by atoms with Crippen LogP contribution in [0, 0.1) is 6.92 Å². The molecule has 0 atom stereocenters. The Morgan fingerprint density at radius 3 is 2.50 bits per heavy atom. The van der Waals surface area contributed by atoms with Crippen molar-refractivity contribution < 1.29 is 14.0 Å². The second-order valence-electron chi connectivity index (χ2n) is 5.05. The highest BCUT2D eigenvalue weighted by molar-refractivity contribution is 6.01. The first-order valence-corrected chi connectivity index (χ1v) is 6.92. The Morgan fingerprint density at radius 1 is 1.14 bits per heavy atom. The maximum absolute atomic E-state index is 11.8. The molecule has 6 heteroatoms. The first-order valence-electron chi connectivity index (χ1n) is 6.92. The number of hydrogen-bond donors (Lipinski definition) is 2. The molecule has 116 valence electrons. The first kappa shape index (κ1) is 15.8. The molecule has 22 heavy (non-hydrogen) atoms. The number of furan rings is 1. The molecular formula is C16H19N3O3. The van der Waals surface area contributed by atoms with Gasteiger partial charge in [0.1, 0.15) is 11.5 Å². The van der Waals surface area contributed by atoms with Crippen LogP contribution in [0.1, 0.15) is 11.5 Å². The highest BCUT2D eigenvalue weighted by Gasteiger charge is 2.12. The second kappa shape index (κ2) is 7.42. The summed E-state index contributed by atoms with van der Waals surface area (Å²) in [5.41, 5.74) is 0.632. The number of anilines is 1. The van der Waals surface area contributed by atoms with Crippen LogP contribution in [0.4, 0.5) is 10.5 Å². The summed E-state index contributed by atoms with van der Waals surface area (Å²) in [6, 6.07) is 12.1. The van der Waals surface area contributed by atoms with Gasteiger partial charge in [0.15, 0.2) is 0 Å². The van der Waals surface area contributed by atoms with Gasteiger partial charge in [-0.1, -0.05) is 18.2 Å². The summed E-state index contributed by atoms with van der Waals surface area (Å²) in [5.74, 6) is 1.23. The van der Waals surface area contributed by atoms with E-state index in [1.165, 1.54) is 0 Å². The number of aryl methyl sites for hydroxylation is 1. The second-order valence-corrected chi connectivity index (χ2v) is 5.05. The fourth-order valence-electron chi connectivity index (χ4n) is 1.99. The minimum atomic E-state index is -0.543. The maximum atomic E-state index is 11.8. The smallest absolute Gasteiger partial charge is 0.325 e. The quantitative estimate of drug-likeness (QED) is 0.889. The summed E-state index contributed by atoms with van der Waals surface area (Å²) in [6.07, 6.45) is 0. The van der Waals surface area contributed by atoms with Gasteiger partial charge >= 0.3 is 6.03 Å². The van der Waals surface area contributed by atoms with Gasteiger partial charge in [0.2, 0.25) is 5.91 Å². The molecule has 0 spiro atoms. The van der Waals surface area contributed by atoms with E-state index in [-0.39, 0.29) is 12.5 Å². The highest BCUT2D eigenvalue weighted by Crippen LogP contribution is 2.08. The molecule has 1 aromatic heterocycles. The molecule has 0 aliphatic carbocycles. The molecule has 2 aromatic rings. The van der Waals surface area contributed by atoms with Gasteiger partial charge in [-0.3, -0.25) is 15.0 Å². The SMILES string of the molecule is Cc1ccc(CN(C)CC(=O)NC(=O)Nc2ccccc2)o1. The molecule has 3 amide bonds. The van der Waals surface area contributed by atoms with Crippen molar-refractivity contribution in [1.82, 2.24) is 10.2 Å². The summed E-state index contributed by atoms with van der Waals surface area (Å²) >= 11 is 0. The first-order chi connectivity index (χ1) is 10.5. The van der Waals surface area contributed by atoms with Gasteiger partial charge in [0.05, 0.1) is 13.1 Å². The van der Waals surface area contributed by atoms with Gasteiger partial charge in [0, 0.05) is 5.69 Å². The molecule has 2 N–H and O–H groups in total. The molecule has 0 saturated carbocycles.